The second-order valence-corrected chi connectivity index (χ2v) is 5.98. The Morgan fingerprint density at radius 3 is 2.42 bits per heavy atom. The summed E-state index contributed by atoms with van der Waals surface area (Å²) in [6.07, 6.45) is 1.21. The average molecular weight is 400 g/mol. The number of ether oxygens (including phenoxy) is 1. The summed E-state index contributed by atoms with van der Waals surface area (Å²) in [5, 5.41) is 2.90. The quantitative estimate of drug-likeness (QED) is 0.577. The molecule has 0 unspecified atom stereocenters. The van der Waals surface area contributed by atoms with Gasteiger partial charge >= 0.3 is 5.97 Å². The van der Waals surface area contributed by atoms with E-state index in [0.717, 1.165) is 18.2 Å². The van der Waals surface area contributed by atoms with Crippen molar-refractivity contribution in [3.63, 3.8) is 0 Å². The van der Waals surface area contributed by atoms with E-state index in [-0.39, 0.29) is 5.69 Å². The molecule has 0 saturated heterocycles. The fraction of sp³-hybridized carbons (Fsp3) is 0.111. The van der Waals surface area contributed by atoms with Crippen LogP contribution in [0.25, 0.3) is 6.08 Å². The number of hydrogen-bond acceptors (Lipinski definition) is 3. The Morgan fingerprint density at radius 1 is 1.15 bits per heavy atom. The van der Waals surface area contributed by atoms with E-state index in [2.05, 4.69) is 5.32 Å². The molecule has 0 aromatic heterocycles. The van der Waals surface area contributed by atoms with Gasteiger partial charge < -0.3 is 10.1 Å². The average Bonchev–Trinajstić information content (AvgIpc) is 2.56. The molecule has 0 fully saturated rings. The highest BCUT2D eigenvalue weighted by molar-refractivity contribution is 6.37. The maximum absolute atomic E-state index is 13.5. The van der Waals surface area contributed by atoms with E-state index >= 15 is 0 Å². The molecule has 0 radical (unpaired) electrons. The first-order valence-corrected chi connectivity index (χ1v) is 8.12. The first-order valence-electron chi connectivity index (χ1n) is 7.36. The van der Waals surface area contributed by atoms with E-state index in [1.54, 1.807) is 18.2 Å². The van der Waals surface area contributed by atoms with Crippen molar-refractivity contribution in [3.8, 4) is 0 Å². The number of anilines is 1. The molecule has 2 rings (SSSR count). The molecule has 0 aliphatic rings. The van der Waals surface area contributed by atoms with Crippen molar-refractivity contribution in [3.05, 3.63) is 69.7 Å². The SMILES string of the molecule is C[C@@H](OC(=O)/C=C/c1c(Cl)cccc1Cl)C(=O)Nc1ccc(F)cc1F. The van der Waals surface area contributed by atoms with Crippen molar-refractivity contribution in [2.45, 2.75) is 13.0 Å². The van der Waals surface area contributed by atoms with Crippen molar-refractivity contribution in [2.24, 2.45) is 0 Å². The number of rotatable bonds is 5. The van der Waals surface area contributed by atoms with Crippen LogP contribution in [0, 0.1) is 11.6 Å². The molecule has 0 spiro atoms. The van der Waals surface area contributed by atoms with Crippen LogP contribution < -0.4 is 5.32 Å². The summed E-state index contributed by atoms with van der Waals surface area (Å²) in [6, 6.07) is 7.54. The van der Waals surface area contributed by atoms with Crippen molar-refractivity contribution in [1.29, 1.82) is 0 Å². The van der Waals surface area contributed by atoms with Crippen LogP contribution in [0.1, 0.15) is 12.5 Å². The number of carbonyl (C=O) groups excluding carboxylic acids is 2. The minimum absolute atomic E-state index is 0.224. The van der Waals surface area contributed by atoms with Gasteiger partial charge in [-0.2, -0.15) is 0 Å². The summed E-state index contributed by atoms with van der Waals surface area (Å²) >= 11 is 11.9. The Hall–Kier alpha value is -2.44. The Balaban J connectivity index is 1.97. The summed E-state index contributed by atoms with van der Waals surface area (Å²) < 4.78 is 31.3. The molecule has 2 aromatic carbocycles. The van der Waals surface area contributed by atoms with Crippen molar-refractivity contribution < 1.29 is 23.1 Å². The van der Waals surface area contributed by atoms with Gasteiger partial charge in [-0.3, -0.25) is 4.79 Å². The molecular formula is C18H13Cl2F2NO3. The van der Waals surface area contributed by atoms with Crippen LogP contribution in [0.3, 0.4) is 0 Å². The molecular weight excluding hydrogens is 387 g/mol. The third-order valence-corrected chi connectivity index (χ3v) is 3.90. The van der Waals surface area contributed by atoms with E-state index in [9.17, 15) is 18.4 Å². The van der Waals surface area contributed by atoms with E-state index in [1.165, 1.54) is 13.0 Å². The number of esters is 1. The van der Waals surface area contributed by atoms with Gasteiger partial charge in [0.15, 0.2) is 6.10 Å². The van der Waals surface area contributed by atoms with Crippen LogP contribution in [-0.4, -0.2) is 18.0 Å². The topological polar surface area (TPSA) is 55.4 Å². The molecule has 8 heteroatoms. The van der Waals surface area contributed by atoms with Gasteiger partial charge in [0.1, 0.15) is 11.6 Å². The van der Waals surface area contributed by atoms with Gasteiger partial charge in [-0.15, -0.1) is 0 Å². The molecule has 0 heterocycles. The lowest BCUT2D eigenvalue weighted by molar-refractivity contribution is -0.148. The number of benzene rings is 2. The van der Waals surface area contributed by atoms with E-state index in [0.29, 0.717) is 21.7 Å². The predicted molar refractivity (Wildman–Crippen MR) is 96.0 cm³/mol. The summed E-state index contributed by atoms with van der Waals surface area (Å²) in [4.78, 5) is 23.8. The Morgan fingerprint density at radius 2 is 1.81 bits per heavy atom. The first kappa shape index (κ1) is 19.9. The molecule has 1 atom stereocenters. The number of carbonyl (C=O) groups is 2. The molecule has 1 N–H and O–H groups in total. The van der Waals surface area contributed by atoms with Gasteiger partial charge in [-0.25, -0.2) is 13.6 Å². The van der Waals surface area contributed by atoms with Gasteiger partial charge in [0, 0.05) is 27.8 Å². The zero-order valence-electron chi connectivity index (χ0n) is 13.4. The van der Waals surface area contributed by atoms with E-state index in [1.807, 2.05) is 0 Å². The van der Waals surface area contributed by atoms with Crippen molar-refractivity contribution in [1.82, 2.24) is 0 Å². The highest BCUT2D eigenvalue weighted by atomic mass is 35.5. The fourth-order valence-electron chi connectivity index (χ4n) is 1.91. The second-order valence-electron chi connectivity index (χ2n) is 5.16. The number of hydrogen-bond donors (Lipinski definition) is 1. The molecule has 0 bridgehead atoms. The lowest BCUT2D eigenvalue weighted by Crippen LogP contribution is -2.29. The van der Waals surface area contributed by atoms with Crippen LogP contribution in [0.15, 0.2) is 42.5 Å². The van der Waals surface area contributed by atoms with Crippen LogP contribution in [-0.2, 0) is 14.3 Å². The molecule has 0 aliphatic heterocycles. The largest absolute Gasteiger partial charge is 0.449 e. The maximum Gasteiger partial charge on any atom is 0.331 e. The van der Waals surface area contributed by atoms with Crippen LogP contribution >= 0.6 is 23.2 Å². The lowest BCUT2D eigenvalue weighted by Gasteiger charge is -2.13. The highest BCUT2D eigenvalue weighted by Crippen LogP contribution is 2.25. The Bertz CT molecular complexity index is 851. The van der Waals surface area contributed by atoms with Crippen LogP contribution in [0.5, 0.6) is 0 Å². The van der Waals surface area contributed by atoms with E-state index in [4.69, 9.17) is 27.9 Å². The smallest absolute Gasteiger partial charge is 0.331 e. The Labute approximate surface area is 158 Å². The number of nitrogens with one attached hydrogen (secondary N) is 1. The van der Waals surface area contributed by atoms with Gasteiger partial charge in [-0.05, 0) is 37.3 Å². The number of halogens is 4. The minimum atomic E-state index is -1.21. The standard InChI is InChI=1S/C18H13Cl2F2NO3/c1-10(18(25)23-16-7-5-11(21)9-15(16)22)26-17(24)8-6-12-13(19)3-2-4-14(12)20/h2-10H,1H3,(H,23,25)/b8-6+/t10-/m1/s1. The zero-order chi connectivity index (χ0) is 19.3. The Kier molecular flexibility index (Phi) is 6.71. The molecule has 0 saturated carbocycles. The van der Waals surface area contributed by atoms with E-state index < -0.39 is 29.6 Å². The lowest BCUT2D eigenvalue weighted by atomic mass is 10.2. The highest BCUT2D eigenvalue weighted by Gasteiger charge is 2.18. The van der Waals surface area contributed by atoms with Crippen molar-refractivity contribution >= 4 is 46.8 Å². The number of amides is 1. The third-order valence-electron chi connectivity index (χ3n) is 3.24. The zero-order valence-corrected chi connectivity index (χ0v) is 14.9. The maximum atomic E-state index is 13.5. The summed E-state index contributed by atoms with van der Waals surface area (Å²) in [7, 11) is 0. The molecule has 0 aliphatic carbocycles. The molecule has 26 heavy (non-hydrogen) atoms. The van der Waals surface area contributed by atoms with Gasteiger partial charge in [0.05, 0.1) is 5.69 Å². The summed E-state index contributed by atoms with van der Waals surface area (Å²) in [5.74, 6) is -3.30. The van der Waals surface area contributed by atoms with Crippen LogP contribution in [0.4, 0.5) is 14.5 Å². The second kappa shape index (κ2) is 8.78. The molecule has 2 aromatic rings. The minimum Gasteiger partial charge on any atom is -0.449 e. The summed E-state index contributed by atoms with van der Waals surface area (Å²) in [6.45, 7) is 1.31. The fourth-order valence-corrected chi connectivity index (χ4v) is 2.44. The van der Waals surface area contributed by atoms with Gasteiger partial charge in [-0.1, -0.05) is 29.3 Å². The van der Waals surface area contributed by atoms with Crippen molar-refractivity contribution in [2.75, 3.05) is 5.32 Å². The monoisotopic (exact) mass is 399 g/mol. The first-order chi connectivity index (χ1) is 12.3. The predicted octanol–water partition coefficient (Wildman–Crippen LogP) is 4.86. The summed E-state index contributed by atoms with van der Waals surface area (Å²) in [5.41, 5.74) is 0.205. The van der Waals surface area contributed by atoms with Gasteiger partial charge in [0.2, 0.25) is 0 Å². The molecule has 1 amide bonds. The normalized spacial score (nSPS) is 12.0. The molecule has 136 valence electrons. The van der Waals surface area contributed by atoms with Crippen LogP contribution in [0.2, 0.25) is 10.0 Å². The van der Waals surface area contributed by atoms with Gasteiger partial charge in [0.25, 0.3) is 5.91 Å². The molecule has 4 nitrogen and oxygen atoms in total. The third kappa shape index (κ3) is 5.28.